The van der Waals surface area contributed by atoms with Gasteiger partial charge < -0.3 is 9.47 Å². The van der Waals surface area contributed by atoms with Crippen molar-refractivity contribution in [1.82, 2.24) is 0 Å². The topological polar surface area (TPSA) is 87.6 Å². The molecule has 1 atom stereocenters. The van der Waals surface area contributed by atoms with Gasteiger partial charge in [-0.25, -0.2) is 4.79 Å². The van der Waals surface area contributed by atoms with E-state index in [4.69, 9.17) is 15.0 Å². The monoisotopic (exact) mass is 353 g/mol. The van der Waals surface area contributed by atoms with Crippen molar-refractivity contribution in [3.8, 4) is 0 Å². The van der Waals surface area contributed by atoms with Crippen LogP contribution in [-0.4, -0.2) is 25.4 Å². The van der Waals surface area contributed by atoms with Crippen molar-refractivity contribution in [2.24, 2.45) is 5.11 Å². The molecule has 6 nitrogen and oxygen atoms in total. The van der Waals surface area contributed by atoms with Crippen molar-refractivity contribution in [3.05, 3.63) is 10.4 Å². The number of hydrogen-bond acceptors (Lipinski definition) is 3. The average Bonchev–Trinajstić information content (AvgIpc) is 3.42. The van der Waals surface area contributed by atoms with Crippen LogP contribution in [0.3, 0.4) is 0 Å². The Morgan fingerprint density at radius 1 is 0.880 bits per heavy atom. The lowest BCUT2D eigenvalue weighted by molar-refractivity contribution is 0.154. The standard InChI is InChI=1S/C19H35N3O3/c20-22-21-19(23)24-16-14-12-10-8-6-4-2-1-3-5-7-9-11-13-15-18-17-25-18/h18H,1-17H2. The fraction of sp³-hybridized carbons (Fsp3) is 0.947. The number of hydrogen-bond donors (Lipinski definition) is 0. The fourth-order valence-corrected chi connectivity index (χ4v) is 3.05. The van der Waals surface area contributed by atoms with Crippen LogP contribution in [0.5, 0.6) is 0 Å². The SMILES string of the molecule is [N-]=[N+]=NC(=O)OCCCCCCCCCCCCCCCCC1CO1. The summed E-state index contributed by atoms with van der Waals surface area (Å²) in [6.07, 6.45) is 19.1. The van der Waals surface area contributed by atoms with Crippen LogP contribution in [0.1, 0.15) is 96.3 Å². The van der Waals surface area contributed by atoms with Gasteiger partial charge in [0.25, 0.3) is 0 Å². The van der Waals surface area contributed by atoms with Crippen molar-refractivity contribution in [1.29, 1.82) is 0 Å². The minimum Gasteiger partial charge on any atom is -0.461 e. The lowest BCUT2D eigenvalue weighted by atomic mass is 10.0. The molecule has 1 aliphatic rings. The van der Waals surface area contributed by atoms with E-state index in [-0.39, 0.29) is 0 Å². The summed E-state index contributed by atoms with van der Waals surface area (Å²) in [5.74, 6) is 0. The van der Waals surface area contributed by atoms with Crippen LogP contribution in [-0.2, 0) is 9.47 Å². The van der Waals surface area contributed by atoms with Gasteiger partial charge in [-0.15, -0.1) is 0 Å². The summed E-state index contributed by atoms with van der Waals surface area (Å²) in [4.78, 5) is 13.2. The van der Waals surface area contributed by atoms with Gasteiger partial charge in [-0.2, -0.15) is 0 Å². The summed E-state index contributed by atoms with van der Waals surface area (Å²) >= 11 is 0. The van der Waals surface area contributed by atoms with Crippen molar-refractivity contribution < 1.29 is 14.3 Å². The normalized spacial score (nSPS) is 15.6. The molecular formula is C19H35N3O3. The Hall–Kier alpha value is -1.26. The highest BCUT2D eigenvalue weighted by Gasteiger charge is 2.20. The van der Waals surface area contributed by atoms with Gasteiger partial charge in [-0.05, 0) is 18.4 Å². The lowest BCUT2D eigenvalue weighted by Gasteiger charge is -2.04. The van der Waals surface area contributed by atoms with E-state index in [1.54, 1.807) is 0 Å². The minimum atomic E-state index is -0.824. The number of epoxide rings is 1. The van der Waals surface area contributed by atoms with Crippen LogP contribution in [0.2, 0.25) is 0 Å². The van der Waals surface area contributed by atoms with Crippen molar-refractivity contribution in [2.45, 2.75) is 102 Å². The third-order valence-electron chi connectivity index (χ3n) is 4.67. The first-order valence-electron chi connectivity index (χ1n) is 10.2. The second kappa shape index (κ2) is 16.2. The number of nitrogens with zero attached hydrogens (tertiary/aromatic N) is 3. The molecule has 1 rings (SSSR count). The zero-order chi connectivity index (χ0) is 18.0. The quantitative estimate of drug-likeness (QED) is 0.0959. The Bertz CT molecular complexity index is 380. The predicted molar refractivity (Wildman–Crippen MR) is 99.5 cm³/mol. The fourth-order valence-electron chi connectivity index (χ4n) is 3.05. The van der Waals surface area contributed by atoms with Crippen LogP contribution in [0, 0.1) is 0 Å². The molecule has 0 N–H and O–H groups in total. The molecule has 144 valence electrons. The first-order chi connectivity index (χ1) is 12.3. The molecule has 0 aromatic carbocycles. The number of azide groups is 1. The third-order valence-corrected chi connectivity index (χ3v) is 4.67. The largest absolute Gasteiger partial charge is 0.461 e. The van der Waals surface area contributed by atoms with E-state index >= 15 is 0 Å². The molecule has 0 radical (unpaired) electrons. The average molecular weight is 354 g/mol. The lowest BCUT2D eigenvalue weighted by Crippen LogP contribution is -1.99. The Balaban J connectivity index is 1.65. The molecule has 0 saturated carbocycles. The maximum Gasteiger partial charge on any atom is 0.396 e. The number of carbonyl (C=O) groups excluding carboxylic acids is 1. The zero-order valence-electron chi connectivity index (χ0n) is 15.7. The highest BCUT2D eigenvalue weighted by molar-refractivity contribution is 5.67. The van der Waals surface area contributed by atoms with E-state index < -0.39 is 6.09 Å². The van der Waals surface area contributed by atoms with Gasteiger partial charge in [0.1, 0.15) is 0 Å². The zero-order valence-corrected chi connectivity index (χ0v) is 15.7. The minimum absolute atomic E-state index is 0.353. The number of amides is 1. The van der Waals surface area contributed by atoms with Crippen molar-refractivity contribution >= 4 is 6.09 Å². The molecule has 1 fully saturated rings. The van der Waals surface area contributed by atoms with Gasteiger partial charge >= 0.3 is 6.09 Å². The molecule has 0 aliphatic carbocycles. The number of ether oxygens (including phenoxy) is 2. The molecule has 0 aromatic heterocycles. The number of rotatable bonds is 17. The molecule has 0 aromatic rings. The molecule has 25 heavy (non-hydrogen) atoms. The van der Waals surface area contributed by atoms with E-state index in [1.807, 2.05) is 0 Å². The second-order valence-corrected chi connectivity index (χ2v) is 7.00. The van der Waals surface area contributed by atoms with Crippen LogP contribution < -0.4 is 0 Å². The van der Waals surface area contributed by atoms with Gasteiger partial charge in [-0.3, -0.25) is 0 Å². The first-order valence-corrected chi connectivity index (χ1v) is 10.2. The Labute approximate surface area is 152 Å². The Morgan fingerprint density at radius 3 is 1.76 bits per heavy atom. The molecule has 6 heteroatoms. The summed E-state index contributed by atoms with van der Waals surface area (Å²) in [6, 6.07) is 0. The van der Waals surface area contributed by atoms with Crippen molar-refractivity contribution in [3.63, 3.8) is 0 Å². The predicted octanol–water partition coefficient (Wildman–Crippen LogP) is 6.68. The van der Waals surface area contributed by atoms with Gasteiger partial charge in [0.15, 0.2) is 0 Å². The highest BCUT2D eigenvalue weighted by Crippen LogP contribution is 2.18. The van der Waals surface area contributed by atoms with E-state index in [9.17, 15) is 4.79 Å². The molecule has 1 saturated heterocycles. The maximum atomic E-state index is 10.8. The summed E-state index contributed by atoms with van der Waals surface area (Å²) < 4.78 is 9.96. The van der Waals surface area contributed by atoms with E-state index in [2.05, 4.69) is 10.0 Å². The molecule has 1 heterocycles. The Morgan fingerprint density at radius 2 is 1.32 bits per heavy atom. The molecule has 1 aliphatic heterocycles. The van der Waals surface area contributed by atoms with Crippen molar-refractivity contribution in [2.75, 3.05) is 13.2 Å². The van der Waals surface area contributed by atoms with Crippen LogP contribution in [0.25, 0.3) is 10.4 Å². The summed E-state index contributed by atoms with van der Waals surface area (Å²) in [5.41, 5.74) is 8.04. The summed E-state index contributed by atoms with van der Waals surface area (Å²) in [5, 5.41) is 2.86. The Kier molecular flexibility index (Phi) is 14.1. The van der Waals surface area contributed by atoms with Crippen LogP contribution in [0.15, 0.2) is 5.11 Å². The summed E-state index contributed by atoms with van der Waals surface area (Å²) in [6.45, 7) is 1.36. The van der Waals surface area contributed by atoms with Gasteiger partial charge in [0, 0.05) is 10.0 Å². The first kappa shape index (κ1) is 21.8. The molecule has 1 unspecified atom stereocenters. The second-order valence-electron chi connectivity index (χ2n) is 7.00. The molecule has 0 spiro atoms. The summed E-state index contributed by atoms with van der Waals surface area (Å²) in [7, 11) is 0. The van der Waals surface area contributed by atoms with Crippen LogP contribution >= 0.6 is 0 Å². The maximum absolute atomic E-state index is 10.8. The van der Waals surface area contributed by atoms with Gasteiger partial charge in [0.05, 0.1) is 19.3 Å². The van der Waals surface area contributed by atoms with E-state index in [0.29, 0.717) is 12.7 Å². The highest BCUT2D eigenvalue weighted by atomic mass is 16.6. The molecular weight excluding hydrogens is 318 g/mol. The van der Waals surface area contributed by atoms with Gasteiger partial charge in [0.2, 0.25) is 0 Å². The van der Waals surface area contributed by atoms with Gasteiger partial charge in [-0.1, -0.05) is 83.5 Å². The molecule has 0 bridgehead atoms. The molecule has 1 amide bonds. The van der Waals surface area contributed by atoms with E-state index in [0.717, 1.165) is 19.4 Å². The number of carbonyl (C=O) groups is 1. The van der Waals surface area contributed by atoms with Crippen LogP contribution in [0.4, 0.5) is 4.79 Å². The van der Waals surface area contributed by atoms with E-state index in [1.165, 1.54) is 83.5 Å². The smallest absolute Gasteiger partial charge is 0.396 e. The number of unbranched alkanes of at least 4 members (excludes halogenated alkanes) is 13. The third kappa shape index (κ3) is 16.0.